The molecule has 2 heterocycles. The molecule has 0 aliphatic carbocycles. The number of hydrogen-bond acceptors (Lipinski definition) is 3. The van der Waals surface area contributed by atoms with E-state index in [1.807, 2.05) is 0 Å². The minimum absolute atomic E-state index is 0.572. The van der Waals surface area contributed by atoms with Crippen LogP contribution in [0.15, 0.2) is 28.3 Å². The average Bonchev–Trinajstić information content (AvgIpc) is 2.34. The van der Waals surface area contributed by atoms with E-state index in [0.29, 0.717) is 5.03 Å². The Labute approximate surface area is 60.3 Å². The van der Waals surface area contributed by atoms with E-state index in [4.69, 9.17) is 0 Å². The molecule has 1 aromatic heterocycles. The zero-order valence-electron chi connectivity index (χ0n) is 5.02. The van der Waals surface area contributed by atoms with Crippen molar-refractivity contribution in [2.45, 2.75) is 5.03 Å². The van der Waals surface area contributed by atoms with Gasteiger partial charge in [0.15, 0.2) is 5.03 Å². The van der Waals surface area contributed by atoms with Crippen LogP contribution in [0.1, 0.15) is 0 Å². The molecule has 0 N–H and O–H groups in total. The maximum atomic E-state index is 11.0. The molecule has 0 fully saturated rings. The molecule has 0 saturated heterocycles. The third-order valence-corrected chi connectivity index (χ3v) is 2.22. The Morgan fingerprint density at radius 1 is 1.50 bits per heavy atom. The zero-order chi connectivity index (χ0) is 6.97. The highest BCUT2D eigenvalue weighted by Crippen LogP contribution is 2.23. The molecule has 1 aliphatic rings. The van der Waals surface area contributed by atoms with E-state index in [2.05, 4.69) is 9.98 Å². The van der Waals surface area contributed by atoms with Crippen molar-refractivity contribution in [2.75, 3.05) is 0 Å². The Morgan fingerprint density at radius 3 is 3.20 bits per heavy atom. The first-order chi connectivity index (χ1) is 4.88. The fraction of sp³-hybridized carbons (Fsp3) is 0. The van der Waals surface area contributed by atoms with Crippen molar-refractivity contribution in [1.29, 1.82) is 0 Å². The lowest BCUT2D eigenvalue weighted by Crippen LogP contribution is -1.87. The van der Waals surface area contributed by atoms with Gasteiger partial charge in [-0.3, -0.25) is 0 Å². The van der Waals surface area contributed by atoms with E-state index in [0.717, 1.165) is 5.69 Å². The van der Waals surface area contributed by atoms with Gasteiger partial charge in [0.05, 0.1) is 11.2 Å². The highest BCUT2D eigenvalue weighted by molar-refractivity contribution is 7.99. The summed E-state index contributed by atoms with van der Waals surface area (Å²) in [7, 11) is -1.10. The summed E-state index contributed by atoms with van der Waals surface area (Å²) in [4.78, 5) is 7.81. The van der Waals surface area contributed by atoms with Crippen LogP contribution in [0, 0.1) is 0 Å². The minimum Gasteiger partial charge on any atom is -0.246 e. The minimum atomic E-state index is -1.10. The van der Waals surface area contributed by atoms with Gasteiger partial charge in [-0.2, -0.15) is 0 Å². The van der Waals surface area contributed by atoms with Gasteiger partial charge in [0.1, 0.15) is 10.8 Å². The van der Waals surface area contributed by atoms with Crippen molar-refractivity contribution in [3.05, 3.63) is 18.3 Å². The number of rotatable bonds is 0. The molecule has 0 bridgehead atoms. The third kappa shape index (κ3) is 0.690. The SMILES string of the molecule is O=S1C=Nc2cccnc21. The Balaban J connectivity index is 2.70. The number of aliphatic imine (C=N–C) groups is 1. The van der Waals surface area contributed by atoms with E-state index >= 15 is 0 Å². The van der Waals surface area contributed by atoms with E-state index in [-0.39, 0.29) is 0 Å². The molecule has 50 valence electrons. The smallest absolute Gasteiger partial charge is 0.158 e. The van der Waals surface area contributed by atoms with Gasteiger partial charge in [-0.05, 0) is 12.1 Å². The van der Waals surface area contributed by atoms with Crippen LogP contribution in [0.5, 0.6) is 0 Å². The Morgan fingerprint density at radius 2 is 2.40 bits per heavy atom. The average molecular weight is 152 g/mol. The summed E-state index contributed by atoms with van der Waals surface area (Å²) in [5.41, 5.74) is 2.12. The Kier molecular flexibility index (Phi) is 1.14. The standard InChI is InChI=1S/C6H4N2OS/c9-10-4-8-5-2-1-3-7-6(5)10/h1-4H. The summed E-state index contributed by atoms with van der Waals surface area (Å²) >= 11 is 0. The number of pyridine rings is 1. The fourth-order valence-corrected chi connectivity index (χ4v) is 1.59. The molecular formula is C6H4N2OS. The predicted octanol–water partition coefficient (Wildman–Crippen LogP) is 0.863. The first-order valence-corrected chi connectivity index (χ1v) is 3.99. The van der Waals surface area contributed by atoms with Crippen LogP contribution in [0.4, 0.5) is 5.69 Å². The van der Waals surface area contributed by atoms with Gasteiger partial charge in [0.25, 0.3) is 0 Å². The maximum absolute atomic E-state index is 11.0. The number of nitrogens with zero attached hydrogens (tertiary/aromatic N) is 2. The molecule has 10 heavy (non-hydrogen) atoms. The van der Waals surface area contributed by atoms with Crippen LogP contribution in [0.25, 0.3) is 0 Å². The molecule has 0 radical (unpaired) electrons. The van der Waals surface area contributed by atoms with E-state index in [1.54, 1.807) is 18.3 Å². The van der Waals surface area contributed by atoms with Crippen molar-refractivity contribution in [3.63, 3.8) is 0 Å². The molecule has 1 aromatic rings. The molecule has 1 aliphatic heterocycles. The molecule has 2 rings (SSSR count). The topological polar surface area (TPSA) is 42.3 Å². The molecule has 1 atom stereocenters. The normalized spacial score (nSPS) is 21.0. The molecule has 3 nitrogen and oxygen atoms in total. The lowest BCUT2D eigenvalue weighted by Gasteiger charge is -1.89. The van der Waals surface area contributed by atoms with Gasteiger partial charge in [0.2, 0.25) is 0 Å². The molecule has 1 unspecified atom stereocenters. The quantitative estimate of drug-likeness (QED) is 0.553. The van der Waals surface area contributed by atoms with Crippen LogP contribution in [-0.4, -0.2) is 14.7 Å². The van der Waals surface area contributed by atoms with E-state index < -0.39 is 10.8 Å². The van der Waals surface area contributed by atoms with Crippen molar-refractivity contribution in [1.82, 2.24) is 4.98 Å². The van der Waals surface area contributed by atoms with Crippen molar-refractivity contribution in [2.24, 2.45) is 4.99 Å². The second-order valence-corrected chi connectivity index (χ2v) is 3.05. The van der Waals surface area contributed by atoms with Gasteiger partial charge in [0, 0.05) is 6.20 Å². The maximum Gasteiger partial charge on any atom is 0.158 e. The van der Waals surface area contributed by atoms with E-state index in [9.17, 15) is 4.21 Å². The summed E-state index contributed by atoms with van der Waals surface area (Å²) in [6, 6.07) is 3.57. The molecule has 0 amide bonds. The molecule has 0 saturated carbocycles. The van der Waals surface area contributed by atoms with Crippen molar-refractivity contribution >= 4 is 22.0 Å². The molecule has 4 heteroatoms. The van der Waals surface area contributed by atoms with Gasteiger partial charge in [-0.25, -0.2) is 14.2 Å². The molecule has 0 spiro atoms. The summed E-state index contributed by atoms with van der Waals surface area (Å²) in [6.07, 6.45) is 1.62. The zero-order valence-corrected chi connectivity index (χ0v) is 5.84. The monoisotopic (exact) mass is 152 g/mol. The van der Waals surface area contributed by atoms with Crippen LogP contribution >= 0.6 is 0 Å². The van der Waals surface area contributed by atoms with Crippen LogP contribution in [-0.2, 0) is 10.8 Å². The van der Waals surface area contributed by atoms with Gasteiger partial charge in [-0.1, -0.05) is 0 Å². The van der Waals surface area contributed by atoms with Gasteiger partial charge in [-0.15, -0.1) is 0 Å². The molecule has 0 aromatic carbocycles. The predicted molar refractivity (Wildman–Crippen MR) is 38.8 cm³/mol. The second kappa shape index (κ2) is 1.98. The lowest BCUT2D eigenvalue weighted by molar-refractivity contribution is 0.689. The fourth-order valence-electron chi connectivity index (χ4n) is 0.790. The highest BCUT2D eigenvalue weighted by atomic mass is 32.2. The van der Waals surface area contributed by atoms with Gasteiger partial charge < -0.3 is 0 Å². The third-order valence-electron chi connectivity index (χ3n) is 1.23. The van der Waals surface area contributed by atoms with Crippen LogP contribution < -0.4 is 0 Å². The summed E-state index contributed by atoms with van der Waals surface area (Å²) in [5, 5.41) is 0.572. The Hall–Kier alpha value is -1.03. The Bertz CT molecular complexity index is 321. The van der Waals surface area contributed by atoms with Crippen LogP contribution in [0.3, 0.4) is 0 Å². The molecular weight excluding hydrogens is 148 g/mol. The van der Waals surface area contributed by atoms with E-state index in [1.165, 1.54) is 5.55 Å². The highest BCUT2D eigenvalue weighted by Gasteiger charge is 2.13. The largest absolute Gasteiger partial charge is 0.246 e. The summed E-state index contributed by atoms with van der Waals surface area (Å²) < 4.78 is 11.0. The number of fused-ring (bicyclic) bond motifs is 1. The first kappa shape index (κ1) is 5.73. The lowest BCUT2D eigenvalue weighted by atomic mass is 10.4. The van der Waals surface area contributed by atoms with Crippen molar-refractivity contribution in [3.8, 4) is 0 Å². The van der Waals surface area contributed by atoms with Crippen molar-refractivity contribution < 1.29 is 4.21 Å². The number of hydrogen-bond donors (Lipinski definition) is 0. The van der Waals surface area contributed by atoms with Crippen LogP contribution in [0.2, 0.25) is 0 Å². The summed E-state index contributed by atoms with van der Waals surface area (Å²) in [5.74, 6) is 0. The van der Waals surface area contributed by atoms with Gasteiger partial charge >= 0.3 is 0 Å². The second-order valence-electron chi connectivity index (χ2n) is 1.86. The first-order valence-electron chi connectivity index (χ1n) is 2.78. The summed E-state index contributed by atoms with van der Waals surface area (Å²) in [6.45, 7) is 0. The number of aromatic nitrogens is 1.